The lowest BCUT2D eigenvalue weighted by molar-refractivity contribution is 0.0945. The van der Waals surface area contributed by atoms with Gasteiger partial charge in [0.15, 0.2) is 11.5 Å². The number of carbonyl (C=O) groups excluding carboxylic acids is 2. The molecule has 0 saturated heterocycles. The van der Waals surface area contributed by atoms with E-state index in [9.17, 15) is 9.59 Å². The lowest BCUT2D eigenvalue weighted by Crippen LogP contribution is -2.19. The van der Waals surface area contributed by atoms with Crippen molar-refractivity contribution in [2.45, 2.75) is 40.5 Å². The maximum absolute atomic E-state index is 13.1. The third-order valence-electron chi connectivity index (χ3n) is 4.76. The van der Waals surface area contributed by atoms with Gasteiger partial charge in [-0.2, -0.15) is 10.2 Å². The van der Waals surface area contributed by atoms with Crippen LogP contribution in [-0.4, -0.2) is 46.4 Å². The minimum absolute atomic E-state index is 0.197. The monoisotopic (exact) mass is 498 g/mol. The van der Waals surface area contributed by atoms with Crippen molar-refractivity contribution in [2.24, 2.45) is 10.2 Å². The molecular weight excluding hydrogens is 468 g/mol. The van der Waals surface area contributed by atoms with Gasteiger partial charge in [-0.05, 0) is 51.0 Å². The van der Waals surface area contributed by atoms with Gasteiger partial charge >= 0.3 is 0 Å². The predicted octanol–water partition coefficient (Wildman–Crippen LogP) is 4.29. The van der Waals surface area contributed by atoms with Gasteiger partial charge in [0.05, 0.1) is 36.0 Å². The van der Waals surface area contributed by atoms with E-state index in [1.54, 1.807) is 26.2 Å². The van der Waals surface area contributed by atoms with E-state index in [0.29, 0.717) is 24.6 Å². The molecule has 3 aromatic heterocycles. The number of nitrogens with zero attached hydrogens (tertiary/aromatic N) is 2. The first-order valence-corrected chi connectivity index (χ1v) is 12.2. The summed E-state index contributed by atoms with van der Waals surface area (Å²) in [6, 6.07) is 7.38. The smallest absolute Gasteiger partial charge is 0.285 e. The Morgan fingerprint density at radius 3 is 1.60 bits per heavy atom. The van der Waals surface area contributed by atoms with E-state index in [4.69, 9.17) is 9.47 Å². The number of ether oxygens (including phenoxy) is 2. The van der Waals surface area contributed by atoms with E-state index in [0.717, 1.165) is 35.6 Å². The topological polar surface area (TPSA) is 133 Å². The number of thiophene rings is 1. The number of amides is 2. The zero-order chi connectivity index (χ0) is 25.2. The second-order valence-electron chi connectivity index (χ2n) is 7.56. The van der Waals surface area contributed by atoms with Crippen LogP contribution in [0.2, 0.25) is 0 Å². The first-order chi connectivity index (χ1) is 17.0. The summed E-state index contributed by atoms with van der Waals surface area (Å²) >= 11 is 0.973. The molecule has 2 amide bonds. The van der Waals surface area contributed by atoms with E-state index in [1.165, 1.54) is 0 Å². The van der Waals surface area contributed by atoms with E-state index >= 15 is 0 Å². The van der Waals surface area contributed by atoms with Gasteiger partial charge in [0.1, 0.15) is 9.75 Å². The molecule has 0 saturated carbocycles. The molecule has 3 heterocycles. The second-order valence-corrected chi connectivity index (χ2v) is 8.58. The van der Waals surface area contributed by atoms with Crippen LogP contribution in [0.3, 0.4) is 0 Å². The molecule has 3 rings (SSSR count). The fourth-order valence-electron chi connectivity index (χ4n) is 2.97. The van der Waals surface area contributed by atoms with Crippen molar-refractivity contribution < 1.29 is 19.1 Å². The number of hydrazone groups is 2. The Morgan fingerprint density at radius 2 is 1.26 bits per heavy atom. The number of nitrogens with one attached hydrogen (secondary N) is 4. The first kappa shape index (κ1) is 25.8. The molecule has 0 fully saturated rings. The summed E-state index contributed by atoms with van der Waals surface area (Å²) in [6.07, 6.45) is 4.98. The highest BCUT2D eigenvalue weighted by Crippen LogP contribution is 2.42. The van der Waals surface area contributed by atoms with Gasteiger partial charge < -0.3 is 19.4 Å². The van der Waals surface area contributed by atoms with Crippen LogP contribution >= 0.6 is 11.3 Å². The van der Waals surface area contributed by atoms with E-state index in [-0.39, 0.29) is 21.3 Å². The minimum atomic E-state index is -0.501. The van der Waals surface area contributed by atoms with Gasteiger partial charge in [0.25, 0.3) is 11.8 Å². The van der Waals surface area contributed by atoms with Crippen molar-refractivity contribution in [3.05, 3.63) is 57.8 Å². The summed E-state index contributed by atoms with van der Waals surface area (Å²) in [6.45, 7) is 8.16. The number of hydrogen-bond donors (Lipinski definition) is 4. The fourth-order valence-corrected chi connectivity index (χ4v) is 3.94. The number of aromatic nitrogens is 2. The van der Waals surface area contributed by atoms with Crippen LogP contribution in [0.1, 0.15) is 71.3 Å². The second kappa shape index (κ2) is 12.6. The molecule has 0 aliphatic rings. The highest BCUT2D eigenvalue weighted by molar-refractivity contribution is 7.16. The summed E-state index contributed by atoms with van der Waals surface area (Å²) in [4.78, 5) is 32.6. The maximum atomic E-state index is 13.1. The molecule has 0 aliphatic heterocycles. The van der Waals surface area contributed by atoms with E-state index in [2.05, 4.69) is 31.0 Å². The number of hydrogen-bond acceptors (Lipinski definition) is 7. The summed E-state index contributed by atoms with van der Waals surface area (Å²) in [7, 11) is 0. The maximum Gasteiger partial charge on any atom is 0.285 e. The number of H-pyrrole nitrogens is 2. The van der Waals surface area contributed by atoms with Crippen molar-refractivity contribution in [3.8, 4) is 11.5 Å². The van der Waals surface area contributed by atoms with Crippen LogP contribution in [-0.2, 0) is 0 Å². The Labute approximate surface area is 207 Å². The Kier molecular flexibility index (Phi) is 9.24. The summed E-state index contributed by atoms with van der Waals surface area (Å²) in [5.74, 6) is -0.548. The molecular formula is C24H30N6O4S. The number of aromatic amines is 2. The van der Waals surface area contributed by atoms with Crippen LogP contribution in [0, 0.1) is 0 Å². The molecule has 0 aliphatic carbocycles. The molecule has 11 heteroatoms. The Hall–Kier alpha value is -3.86. The molecule has 10 nitrogen and oxygen atoms in total. The summed E-state index contributed by atoms with van der Waals surface area (Å²) in [5.41, 5.74) is 7.86. The average molecular weight is 499 g/mol. The van der Waals surface area contributed by atoms with Crippen LogP contribution in [0.5, 0.6) is 11.5 Å². The van der Waals surface area contributed by atoms with E-state index < -0.39 is 11.8 Å². The van der Waals surface area contributed by atoms with Crippen molar-refractivity contribution in [2.75, 3.05) is 13.2 Å². The summed E-state index contributed by atoms with van der Waals surface area (Å²) in [5, 5.41) is 8.34. The molecule has 0 aromatic carbocycles. The standard InChI is InChI=1S/C24H30N6O4S/c1-5-13-33-19-20(34-14-6-2)22(24(32)30-28-16(4)18-10-8-12-26-18)35-21(19)23(31)29-27-15(3)17-9-7-11-25-17/h7-12,25-26H,5-6,13-14H2,1-4H3,(H,29,31)(H,30,32)/b27-15+,28-16+. The molecule has 0 bridgehead atoms. The van der Waals surface area contributed by atoms with Crippen LogP contribution < -0.4 is 20.3 Å². The zero-order valence-corrected chi connectivity index (χ0v) is 21.0. The van der Waals surface area contributed by atoms with Gasteiger partial charge in [0.2, 0.25) is 0 Å². The third-order valence-corrected chi connectivity index (χ3v) is 5.91. The van der Waals surface area contributed by atoms with Gasteiger partial charge in [-0.3, -0.25) is 9.59 Å². The Balaban J connectivity index is 1.91. The van der Waals surface area contributed by atoms with Crippen LogP contribution in [0.4, 0.5) is 0 Å². The molecule has 0 atom stereocenters. The van der Waals surface area contributed by atoms with Crippen molar-refractivity contribution in [1.82, 2.24) is 20.8 Å². The first-order valence-electron chi connectivity index (χ1n) is 11.3. The van der Waals surface area contributed by atoms with Crippen LogP contribution in [0.15, 0.2) is 46.9 Å². The summed E-state index contributed by atoms with van der Waals surface area (Å²) < 4.78 is 11.8. The van der Waals surface area contributed by atoms with Gasteiger partial charge in [0, 0.05) is 12.4 Å². The van der Waals surface area contributed by atoms with Gasteiger partial charge in [-0.1, -0.05) is 13.8 Å². The Bertz CT molecular complexity index is 1090. The fraction of sp³-hybridized carbons (Fsp3) is 0.333. The highest BCUT2D eigenvalue weighted by Gasteiger charge is 2.29. The lowest BCUT2D eigenvalue weighted by atomic mass is 10.3. The van der Waals surface area contributed by atoms with Gasteiger partial charge in [-0.15, -0.1) is 11.3 Å². The van der Waals surface area contributed by atoms with E-state index in [1.807, 2.05) is 38.1 Å². The average Bonchev–Trinajstić information content (AvgIpc) is 3.64. The minimum Gasteiger partial charge on any atom is -0.488 e. The molecule has 0 unspecified atom stereocenters. The van der Waals surface area contributed by atoms with Crippen molar-refractivity contribution in [1.29, 1.82) is 0 Å². The predicted molar refractivity (Wildman–Crippen MR) is 137 cm³/mol. The molecule has 4 N–H and O–H groups in total. The normalized spacial score (nSPS) is 11.9. The quantitative estimate of drug-likeness (QED) is 0.219. The third kappa shape index (κ3) is 6.60. The van der Waals surface area contributed by atoms with Crippen LogP contribution in [0.25, 0.3) is 0 Å². The Morgan fingerprint density at radius 1 is 0.829 bits per heavy atom. The SMILES string of the molecule is CCCOc1c(C(=O)N/N=C(\C)c2ccc[nH]2)sc(C(=O)N/N=C(\C)c2ccc[nH]2)c1OCCC. The number of carbonyl (C=O) groups is 2. The molecule has 35 heavy (non-hydrogen) atoms. The number of rotatable bonds is 12. The molecule has 186 valence electrons. The molecule has 0 spiro atoms. The van der Waals surface area contributed by atoms with Gasteiger partial charge in [-0.25, -0.2) is 10.9 Å². The molecule has 3 aromatic rings. The zero-order valence-electron chi connectivity index (χ0n) is 20.2. The largest absolute Gasteiger partial charge is 0.488 e. The van der Waals surface area contributed by atoms with Crippen molar-refractivity contribution >= 4 is 34.6 Å². The lowest BCUT2D eigenvalue weighted by Gasteiger charge is -2.11. The molecule has 0 radical (unpaired) electrons. The highest BCUT2D eigenvalue weighted by atomic mass is 32.1. The van der Waals surface area contributed by atoms with Crippen molar-refractivity contribution in [3.63, 3.8) is 0 Å².